The number of nitrogens with one attached hydrogen (secondary N) is 2. The van der Waals surface area contributed by atoms with E-state index < -0.39 is 0 Å². The van der Waals surface area contributed by atoms with Crippen LogP contribution in [0.5, 0.6) is 0 Å². The molecule has 0 spiro atoms. The van der Waals surface area contributed by atoms with Crippen LogP contribution in [-0.2, 0) is 4.79 Å². The lowest BCUT2D eigenvalue weighted by atomic mass is 10.0. The van der Waals surface area contributed by atoms with Crippen molar-refractivity contribution >= 4 is 44.9 Å². The van der Waals surface area contributed by atoms with Crippen LogP contribution in [0.15, 0.2) is 87.9 Å². The molecule has 0 bridgehead atoms. The Morgan fingerprint density at radius 3 is 2.73 bits per heavy atom. The zero-order valence-corrected chi connectivity index (χ0v) is 22.4. The molecule has 188 valence electrons. The van der Waals surface area contributed by atoms with E-state index in [1.165, 1.54) is 6.07 Å². The second kappa shape index (κ2) is 10.8. The molecule has 4 aromatic rings. The van der Waals surface area contributed by atoms with Gasteiger partial charge in [-0.3, -0.25) is 9.78 Å². The molecule has 0 unspecified atom stereocenters. The molecule has 2 atom stereocenters. The molecule has 9 heteroatoms. The maximum Gasteiger partial charge on any atom is 0.226 e. The molecule has 0 radical (unpaired) electrons. The monoisotopic (exact) mass is 578 g/mol. The molecule has 2 aromatic heterocycles. The molecule has 3 heterocycles. The third-order valence-electron chi connectivity index (χ3n) is 6.31. The number of amides is 1. The molecular weight excluding hydrogens is 555 g/mol. The lowest BCUT2D eigenvalue weighted by Crippen LogP contribution is -2.32. The molecular formula is C28H24BrFN4O2S. The highest BCUT2D eigenvalue weighted by molar-refractivity contribution is 9.10. The smallest absolute Gasteiger partial charge is 0.226 e. The summed E-state index contributed by atoms with van der Waals surface area (Å²) in [4.78, 5) is 19.3. The number of aromatic nitrogens is 1. The first-order valence-electron chi connectivity index (χ1n) is 11.8. The van der Waals surface area contributed by atoms with Crippen molar-refractivity contribution in [1.29, 1.82) is 0 Å². The number of pyridine rings is 1. The molecule has 2 N–H and O–H groups in total. The van der Waals surface area contributed by atoms with Gasteiger partial charge in [-0.15, -0.1) is 0 Å². The van der Waals surface area contributed by atoms with Crippen molar-refractivity contribution < 1.29 is 13.6 Å². The number of aryl methyl sites for hydroxylation is 1. The number of halogens is 2. The minimum absolute atomic E-state index is 0.116. The summed E-state index contributed by atoms with van der Waals surface area (Å²) in [6.45, 7) is 2.31. The normalized spacial score (nSPS) is 17.1. The molecule has 1 aliphatic rings. The van der Waals surface area contributed by atoms with Gasteiger partial charge in [-0.2, -0.15) is 0 Å². The molecule has 1 aliphatic heterocycles. The van der Waals surface area contributed by atoms with Gasteiger partial charge in [0.25, 0.3) is 0 Å². The van der Waals surface area contributed by atoms with Crippen molar-refractivity contribution in [2.45, 2.75) is 25.4 Å². The van der Waals surface area contributed by atoms with Gasteiger partial charge >= 0.3 is 0 Å². The Bertz CT molecular complexity index is 1450. The molecule has 1 saturated heterocycles. The van der Waals surface area contributed by atoms with Gasteiger partial charge in [0.1, 0.15) is 23.4 Å². The number of hydrogen-bond acceptors (Lipinski definition) is 4. The van der Waals surface area contributed by atoms with Crippen LogP contribution >= 0.6 is 28.1 Å². The molecule has 2 aromatic carbocycles. The number of benzene rings is 2. The summed E-state index contributed by atoms with van der Waals surface area (Å²) < 4.78 is 21.5. The predicted octanol–water partition coefficient (Wildman–Crippen LogP) is 6.55. The molecule has 6 nitrogen and oxygen atoms in total. The van der Waals surface area contributed by atoms with Gasteiger partial charge in [0.15, 0.2) is 5.11 Å². The van der Waals surface area contributed by atoms with Crippen LogP contribution in [0.2, 0.25) is 0 Å². The highest BCUT2D eigenvalue weighted by Gasteiger charge is 2.41. The summed E-state index contributed by atoms with van der Waals surface area (Å²) in [6.07, 6.45) is 1.94. The highest BCUT2D eigenvalue weighted by atomic mass is 79.9. The van der Waals surface area contributed by atoms with E-state index in [4.69, 9.17) is 16.6 Å². The number of carbonyl (C=O) groups is 1. The lowest BCUT2D eigenvalue weighted by Gasteiger charge is -2.26. The summed E-state index contributed by atoms with van der Waals surface area (Å²) >= 11 is 8.97. The Morgan fingerprint density at radius 2 is 1.97 bits per heavy atom. The average Bonchev–Trinajstić information content (AvgIpc) is 3.49. The fourth-order valence-corrected chi connectivity index (χ4v) is 5.11. The maximum absolute atomic E-state index is 14.6. The van der Waals surface area contributed by atoms with E-state index in [2.05, 4.69) is 31.5 Å². The van der Waals surface area contributed by atoms with E-state index in [0.717, 1.165) is 16.9 Å². The van der Waals surface area contributed by atoms with Crippen LogP contribution in [0.25, 0.3) is 11.3 Å². The summed E-state index contributed by atoms with van der Waals surface area (Å²) in [6, 6.07) is 21.1. The fourth-order valence-electron chi connectivity index (χ4n) is 4.45. The van der Waals surface area contributed by atoms with Gasteiger partial charge in [0.2, 0.25) is 5.91 Å². The SMILES string of the molecule is Cc1ccccc1NC(=O)CCN1C(=S)N[C@@H](c2ccccn2)[C@H]1c1ccc(-c2ccc(Br)cc2F)o1. The van der Waals surface area contributed by atoms with Crippen LogP contribution in [0.4, 0.5) is 10.1 Å². The highest BCUT2D eigenvalue weighted by Crippen LogP contribution is 2.41. The number of hydrogen-bond donors (Lipinski definition) is 2. The number of nitrogens with zero attached hydrogens (tertiary/aromatic N) is 2. The van der Waals surface area contributed by atoms with Crippen molar-refractivity contribution in [3.05, 3.63) is 106 Å². The summed E-state index contributed by atoms with van der Waals surface area (Å²) in [7, 11) is 0. The molecule has 0 aliphatic carbocycles. The van der Waals surface area contributed by atoms with Crippen molar-refractivity contribution in [3.8, 4) is 11.3 Å². The van der Waals surface area contributed by atoms with Gasteiger partial charge < -0.3 is 20.0 Å². The standard InChI is InChI=1S/C28H24BrFN4O2S/c1-17-6-2-3-7-21(17)32-25(35)13-15-34-27(26(33-28(34)37)22-8-4-5-14-31-22)24-12-11-23(36-24)19-10-9-18(29)16-20(19)30/h2-12,14,16,26-27H,13,15H2,1H3,(H,32,35)(H,33,37)/t26-,27+/m0/s1. The van der Waals surface area contributed by atoms with Gasteiger partial charge in [0.05, 0.1) is 17.3 Å². The Hall–Kier alpha value is -3.56. The van der Waals surface area contributed by atoms with Crippen LogP contribution in [-0.4, -0.2) is 27.4 Å². The van der Waals surface area contributed by atoms with Gasteiger partial charge in [0, 0.05) is 29.3 Å². The van der Waals surface area contributed by atoms with E-state index >= 15 is 0 Å². The van der Waals surface area contributed by atoms with Crippen LogP contribution < -0.4 is 10.6 Å². The summed E-state index contributed by atoms with van der Waals surface area (Å²) in [5.41, 5.74) is 2.92. The minimum atomic E-state index is -0.388. The van der Waals surface area contributed by atoms with Gasteiger partial charge in [-0.1, -0.05) is 40.2 Å². The Morgan fingerprint density at radius 1 is 1.16 bits per heavy atom. The minimum Gasteiger partial charge on any atom is -0.459 e. The molecule has 0 saturated carbocycles. The van der Waals surface area contributed by atoms with Crippen molar-refractivity contribution in [2.75, 3.05) is 11.9 Å². The zero-order chi connectivity index (χ0) is 25.9. The van der Waals surface area contributed by atoms with Crippen molar-refractivity contribution in [2.24, 2.45) is 0 Å². The predicted molar refractivity (Wildman–Crippen MR) is 148 cm³/mol. The summed E-state index contributed by atoms with van der Waals surface area (Å²) in [5.74, 6) is 0.505. The maximum atomic E-state index is 14.6. The number of furan rings is 1. The van der Waals surface area contributed by atoms with Crippen LogP contribution in [0.3, 0.4) is 0 Å². The Balaban J connectivity index is 1.42. The number of carbonyl (C=O) groups excluding carboxylic acids is 1. The number of thiocarbonyl (C=S) groups is 1. The molecule has 37 heavy (non-hydrogen) atoms. The average molecular weight is 579 g/mol. The number of para-hydroxylation sites is 1. The fraction of sp³-hybridized carbons (Fsp3) is 0.179. The number of anilines is 1. The second-order valence-corrected chi connectivity index (χ2v) is 10.1. The van der Waals surface area contributed by atoms with E-state index in [1.54, 1.807) is 24.4 Å². The Kier molecular flexibility index (Phi) is 7.34. The molecule has 1 fully saturated rings. The first-order chi connectivity index (χ1) is 17.9. The quantitative estimate of drug-likeness (QED) is 0.242. The van der Waals surface area contributed by atoms with Crippen LogP contribution in [0.1, 0.15) is 35.5 Å². The largest absolute Gasteiger partial charge is 0.459 e. The lowest BCUT2D eigenvalue weighted by molar-refractivity contribution is -0.116. The van der Waals surface area contributed by atoms with Crippen molar-refractivity contribution in [3.63, 3.8) is 0 Å². The first-order valence-corrected chi connectivity index (χ1v) is 13.0. The zero-order valence-electron chi connectivity index (χ0n) is 19.9. The topological polar surface area (TPSA) is 70.4 Å². The van der Waals surface area contributed by atoms with E-state index in [9.17, 15) is 9.18 Å². The van der Waals surface area contributed by atoms with Crippen molar-refractivity contribution in [1.82, 2.24) is 15.2 Å². The Labute approximate surface area is 228 Å². The first kappa shape index (κ1) is 25.1. The van der Waals surface area contributed by atoms with Gasteiger partial charge in [-0.05, 0) is 73.2 Å². The number of rotatable bonds is 7. The summed E-state index contributed by atoms with van der Waals surface area (Å²) in [5, 5.41) is 6.81. The third kappa shape index (κ3) is 5.42. The molecule has 5 rings (SSSR count). The van der Waals surface area contributed by atoms with E-state index in [1.807, 2.05) is 60.4 Å². The van der Waals surface area contributed by atoms with Crippen LogP contribution in [0, 0.1) is 12.7 Å². The van der Waals surface area contributed by atoms with E-state index in [-0.39, 0.29) is 30.2 Å². The second-order valence-electron chi connectivity index (χ2n) is 8.76. The third-order valence-corrected chi connectivity index (χ3v) is 7.16. The molecule has 1 amide bonds. The van der Waals surface area contributed by atoms with Gasteiger partial charge in [-0.25, -0.2) is 4.39 Å². The van der Waals surface area contributed by atoms with E-state index in [0.29, 0.717) is 33.2 Å².